The van der Waals surface area contributed by atoms with Gasteiger partial charge in [0.1, 0.15) is 0 Å². The SMILES string of the molecule is COCc1ccccc1CNC(=O)CC1CCNC1.Cl. The second-order valence-electron chi connectivity index (χ2n) is 5.04. The van der Waals surface area contributed by atoms with Crippen LogP contribution >= 0.6 is 12.4 Å². The zero-order valence-corrected chi connectivity index (χ0v) is 12.7. The minimum absolute atomic E-state index is 0. The molecule has 2 rings (SSSR count). The second kappa shape index (κ2) is 8.95. The van der Waals surface area contributed by atoms with Crippen LogP contribution in [0.15, 0.2) is 24.3 Å². The first kappa shape index (κ1) is 17.0. The molecule has 1 atom stereocenters. The summed E-state index contributed by atoms with van der Waals surface area (Å²) < 4.78 is 5.16. The van der Waals surface area contributed by atoms with Crippen LogP contribution in [0.4, 0.5) is 0 Å². The third-order valence-electron chi connectivity index (χ3n) is 3.53. The van der Waals surface area contributed by atoms with Gasteiger partial charge in [-0.3, -0.25) is 4.79 Å². The van der Waals surface area contributed by atoms with Gasteiger partial charge in [-0.25, -0.2) is 0 Å². The molecule has 1 aromatic rings. The van der Waals surface area contributed by atoms with Crippen LogP contribution in [0.1, 0.15) is 24.0 Å². The average Bonchev–Trinajstić information content (AvgIpc) is 2.91. The van der Waals surface area contributed by atoms with E-state index < -0.39 is 0 Å². The molecule has 0 bridgehead atoms. The maximum atomic E-state index is 11.9. The van der Waals surface area contributed by atoms with E-state index in [2.05, 4.69) is 10.6 Å². The molecule has 20 heavy (non-hydrogen) atoms. The maximum absolute atomic E-state index is 11.9. The van der Waals surface area contributed by atoms with Gasteiger partial charge in [0.2, 0.25) is 5.91 Å². The van der Waals surface area contributed by atoms with Crippen molar-refractivity contribution in [2.45, 2.75) is 26.0 Å². The van der Waals surface area contributed by atoms with Crippen molar-refractivity contribution in [2.24, 2.45) is 5.92 Å². The van der Waals surface area contributed by atoms with Gasteiger partial charge in [-0.05, 0) is 36.6 Å². The normalized spacial score (nSPS) is 17.6. The minimum atomic E-state index is 0. The van der Waals surface area contributed by atoms with Gasteiger partial charge < -0.3 is 15.4 Å². The second-order valence-corrected chi connectivity index (χ2v) is 5.04. The summed E-state index contributed by atoms with van der Waals surface area (Å²) >= 11 is 0. The van der Waals surface area contributed by atoms with E-state index in [0.717, 1.165) is 30.6 Å². The van der Waals surface area contributed by atoms with E-state index in [4.69, 9.17) is 4.74 Å². The van der Waals surface area contributed by atoms with Crippen molar-refractivity contribution in [3.8, 4) is 0 Å². The molecule has 0 saturated carbocycles. The molecular formula is C15H23ClN2O2. The third kappa shape index (κ3) is 5.12. The lowest BCUT2D eigenvalue weighted by molar-refractivity contribution is -0.122. The van der Waals surface area contributed by atoms with Gasteiger partial charge >= 0.3 is 0 Å². The summed E-state index contributed by atoms with van der Waals surface area (Å²) in [6, 6.07) is 8.04. The van der Waals surface area contributed by atoms with Crippen LogP contribution in [0, 0.1) is 5.92 Å². The number of carbonyl (C=O) groups is 1. The summed E-state index contributed by atoms with van der Waals surface area (Å²) in [4.78, 5) is 11.9. The van der Waals surface area contributed by atoms with Crippen molar-refractivity contribution in [2.75, 3.05) is 20.2 Å². The first-order valence-electron chi connectivity index (χ1n) is 6.82. The molecule has 1 heterocycles. The van der Waals surface area contributed by atoms with Gasteiger partial charge in [0, 0.05) is 20.1 Å². The van der Waals surface area contributed by atoms with Crippen LogP contribution in [-0.4, -0.2) is 26.1 Å². The van der Waals surface area contributed by atoms with Crippen LogP contribution < -0.4 is 10.6 Å². The van der Waals surface area contributed by atoms with E-state index in [0.29, 0.717) is 25.5 Å². The molecule has 1 aromatic carbocycles. The summed E-state index contributed by atoms with van der Waals surface area (Å²) in [6.45, 7) is 3.17. The molecule has 1 aliphatic heterocycles. The van der Waals surface area contributed by atoms with Gasteiger partial charge in [0.25, 0.3) is 0 Å². The summed E-state index contributed by atoms with van der Waals surface area (Å²) in [5.41, 5.74) is 2.26. The molecule has 1 aliphatic rings. The molecule has 1 unspecified atom stereocenters. The van der Waals surface area contributed by atoms with Gasteiger partial charge in [0.05, 0.1) is 6.61 Å². The summed E-state index contributed by atoms with van der Waals surface area (Å²) in [7, 11) is 1.68. The van der Waals surface area contributed by atoms with Gasteiger partial charge in [-0.15, -0.1) is 12.4 Å². The van der Waals surface area contributed by atoms with Crippen molar-refractivity contribution in [1.82, 2.24) is 10.6 Å². The molecule has 2 N–H and O–H groups in total. The van der Waals surface area contributed by atoms with Crippen molar-refractivity contribution >= 4 is 18.3 Å². The third-order valence-corrected chi connectivity index (χ3v) is 3.53. The number of ether oxygens (including phenoxy) is 1. The summed E-state index contributed by atoms with van der Waals surface area (Å²) in [5, 5.41) is 6.28. The average molecular weight is 299 g/mol. The monoisotopic (exact) mass is 298 g/mol. The fourth-order valence-electron chi connectivity index (χ4n) is 2.44. The predicted octanol–water partition coefficient (Wildman–Crippen LogP) is 1.87. The molecule has 1 amide bonds. The lowest BCUT2D eigenvalue weighted by Crippen LogP contribution is -2.26. The van der Waals surface area contributed by atoms with E-state index >= 15 is 0 Å². The Hall–Kier alpha value is -1.10. The highest BCUT2D eigenvalue weighted by Gasteiger charge is 2.17. The first-order chi connectivity index (χ1) is 9.29. The largest absolute Gasteiger partial charge is 0.380 e. The van der Waals surface area contributed by atoms with Crippen LogP contribution in [0.5, 0.6) is 0 Å². The van der Waals surface area contributed by atoms with Crippen LogP contribution in [0.2, 0.25) is 0 Å². The molecule has 0 aliphatic carbocycles. The van der Waals surface area contributed by atoms with E-state index in [1.165, 1.54) is 0 Å². The molecule has 1 fully saturated rings. The van der Waals surface area contributed by atoms with E-state index in [9.17, 15) is 4.79 Å². The molecule has 1 saturated heterocycles. The van der Waals surface area contributed by atoms with Crippen LogP contribution in [-0.2, 0) is 22.7 Å². The molecule has 0 aromatic heterocycles. The highest BCUT2D eigenvalue weighted by molar-refractivity contribution is 5.85. The Balaban J connectivity index is 0.00000200. The van der Waals surface area contributed by atoms with E-state index in [1.807, 2.05) is 24.3 Å². The number of benzene rings is 1. The minimum Gasteiger partial charge on any atom is -0.380 e. The fraction of sp³-hybridized carbons (Fsp3) is 0.533. The van der Waals surface area contributed by atoms with E-state index in [1.54, 1.807) is 7.11 Å². The topological polar surface area (TPSA) is 50.4 Å². The van der Waals surface area contributed by atoms with Crippen molar-refractivity contribution in [1.29, 1.82) is 0 Å². The predicted molar refractivity (Wildman–Crippen MR) is 81.8 cm³/mol. The Morgan fingerprint density at radius 1 is 1.40 bits per heavy atom. The Labute approximate surface area is 126 Å². The van der Waals surface area contributed by atoms with Crippen LogP contribution in [0.3, 0.4) is 0 Å². The standard InChI is InChI=1S/C15H22N2O2.ClH/c1-19-11-14-5-3-2-4-13(14)10-17-15(18)8-12-6-7-16-9-12;/h2-5,12,16H,6-11H2,1H3,(H,17,18);1H. The lowest BCUT2D eigenvalue weighted by atomic mass is 10.0. The zero-order valence-electron chi connectivity index (χ0n) is 11.9. The molecule has 112 valence electrons. The van der Waals surface area contributed by atoms with E-state index in [-0.39, 0.29) is 18.3 Å². The van der Waals surface area contributed by atoms with Gasteiger partial charge in [-0.2, -0.15) is 0 Å². The summed E-state index contributed by atoms with van der Waals surface area (Å²) in [6.07, 6.45) is 1.73. The number of hydrogen-bond acceptors (Lipinski definition) is 3. The number of amides is 1. The lowest BCUT2D eigenvalue weighted by Gasteiger charge is -2.12. The highest BCUT2D eigenvalue weighted by Crippen LogP contribution is 2.13. The molecular weight excluding hydrogens is 276 g/mol. The zero-order chi connectivity index (χ0) is 13.5. The Bertz CT molecular complexity index is 420. The number of halogens is 1. The van der Waals surface area contributed by atoms with Gasteiger partial charge in [-0.1, -0.05) is 24.3 Å². The van der Waals surface area contributed by atoms with Crippen LogP contribution in [0.25, 0.3) is 0 Å². The Kier molecular flexibility index (Phi) is 7.59. The van der Waals surface area contributed by atoms with Gasteiger partial charge in [0.15, 0.2) is 0 Å². The van der Waals surface area contributed by atoms with Crippen molar-refractivity contribution < 1.29 is 9.53 Å². The maximum Gasteiger partial charge on any atom is 0.220 e. The number of rotatable bonds is 6. The Morgan fingerprint density at radius 3 is 2.80 bits per heavy atom. The number of methoxy groups -OCH3 is 1. The first-order valence-corrected chi connectivity index (χ1v) is 6.82. The highest BCUT2D eigenvalue weighted by atomic mass is 35.5. The van der Waals surface area contributed by atoms with Crippen molar-refractivity contribution in [3.63, 3.8) is 0 Å². The fourth-order valence-corrected chi connectivity index (χ4v) is 2.44. The quantitative estimate of drug-likeness (QED) is 0.843. The molecule has 4 nitrogen and oxygen atoms in total. The number of hydrogen-bond donors (Lipinski definition) is 2. The molecule has 5 heteroatoms. The summed E-state index contributed by atoms with van der Waals surface area (Å²) in [5.74, 6) is 0.634. The number of carbonyl (C=O) groups excluding carboxylic acids is 1. The Morgan fingerprint density at radius 2 is 2.15 bits per heavy atom. The smallest absolute Gasteiger partial charge is 0.220 e. The van der Waals surface area contributed by atoms with Crippen molar-refractivity contribution in [3.05, 3.63) is 35.4 Å². The molecule has 0 radical (unpaired) electrons. The number of nitrogens with one attached hydrogen (secondary N) is 2. The molecule has 0 spiro atoms.